The molecule has 1 aromatic heterocycles. The zero-order valence-electron chi connectivity index (χ0n) is 9.36. The number of likely N-dealkylation sites (N-methyl/N-ethyl adjacent to an activating group) is 1. The fourth-order valence-corrected chi connectivity index (χ4v) is 1.65. The summed E-state index contributed by atoms with van der Waals surface area (Å²) < 4.78 is 0. The van der Waals surface area contributed by atoms with Crippen molar-refractivity contribution < 1.29 is 9.63 Å². The highest BCUT2D eigenvalue weighted by Gasteiger charge is 2.11. The van der Waals surface area contributed by atoms with Crippen LogP contribution in [0.3, 0.4) is 0 Å². The molecule has 84 valence electrons. The quantitative estimate of drug-likeness (QED) is 0.797. The fourth-order valence-electron chi connectivity index (χ4n) is 1.65. The number of aromatic nitrogens is 1. The van der Waals surface area contributed by atoms with Crippen LogP contribution < -0.4 is 0 Å². The summed E-state index contributed by atoms with van der Waals surface area (Å²) in [5.74, 6) is -0.0627. The number of aromatic amines is 1. The van der Waals surface area contributed by atoms with Gasteiger partial charge in [-0.3, -0.25) is 9.63 Å². The lowest BCUT2D eigenvalue weighted by Crippen LogP contribution is -2.26. The molecule has 0 aliphatic heterocycles. The molecule has 0 aliphatic rings. The van der Waals surface area contributed by atoms with E-state index >= 15 is 0 Å². The molecule has 0 saturated carbocycles. The number of fused-ring (bicyclic) bond motifs is 1. The Balaban J connectivity index is 2.25. The van der Waals surface area contributed by atoms with Gasteiger partial charge in [-0.25, -0.2) is 5.06 Å². The van der Waals surface area contributed by atoms with E-state index in [4.69, 9.17) is 4.84 Å². The van der Waals surface area contributed by atoms with Gasteiger partial charge in [0.15, 0.2) is 0 Å². The highest BCUT2D eigenvalue weighted by molar-refractivity contribution is 5.88. The summed E-state index contributed by atoms with van der Waals surface area (Å²) in [5, 5.41) is 2.32. The van der Waals surface area contributed by atoms with Crippen LogP contribution in [-0.2, 0) is 16.1 Å². The standard InChI is InChI=1S/C12H14N2O2/c1-14(16-2)12(15)7-9-8-13-11-6-4-3-5-10(9)11/h3-6,8,13H,7H2,1-2H3. The van der Waals surface area contributed by atoms with Crippen LogP contribution in [0.2, 0.25) is 0 Å². The van der Waals surface area contributed by atoms with Crippen molar-refractivity contribution in [2.24, 2.45) is 0 Å². The molecular formula is C12H14N2O2. The Labute approximate surface area is 93.8 Å². The van der Waals surface area contributed by atoms with E-state index in [0.717, 1.165) is 16.5 Å². The van der Waals surface area contributed by atoms with Gasteiger partial charge in [0.05, 0.1) is 13.5 Å². The summed E-state index contributed by atoms with van der Waals surface area (Å²) in [5.41, 5.74) is 2.04. The Kier molecular flexibility index (Phi) is 2.92. The summed E-state index contributed by atoms with van der Waals surface area (Å²) in [4.78, 5) is 19.7. The second-order valence-corrected chi connectivity index (χ2v) is 3.61. The van der Waals surface area contributed by atoms with E-state index < -0.39 is 0 Å². The van der Waals surface area contributed by atoms with Gasteiger partial charge < -0.3 is 4.98 Å². The van der Waals surface area contributed by atoms with Gasteiger partial charge >= 0.3 is 0 Å². The summed E-state index contributed by atoms with van der Waals surface area (Å²) in [7, 11) is 3.09. The summed E-state index contributed by atoms with van der Waals surface area (Å²) in [6, 6.07) is 7.92. The van der Waals surface area contributed by atoms with E-state index in [9.17, 15) is 4.79 Å². The maximum atomic E-state index is 11.7. The van der Waals surface area contributed by atoms with Gasteiger partial charge in [0.2, 0.25) is 5.91 Å². The second-order valence-electron chi connectivity index (χ2n) is 3.61. The molecule has 1 N–H and O–H groups in total. The molecule has 1 aromatic carbocycles. The molecule has 4 nitrogen and oxygen atoms in total. The van der Waals surface area contributed by atoms with Gasteiger partial charge in [0.25, 0.3) is 0 Å². The normalized spacial score (nSPS) is 10.6. The molecule has 0 atom stereocenters. The molecule has 1 heterocycles. The first-order chi connectivity index (χ1) is 7.72. The molecule has 0 fully saturated rings. The molecule has 0 saturated heterocycles. The number of hydrogen-bond acceptors (Lipinski definition) is 2. The van der Waals surface area contributed by atoms with Crippen molar-refractivity contribution in [2.75, 3.05) is 14.2 Å². The minimum atomic E-state index is -0.0627. The number of hydrogen-bond donors (Lipinski definition) is 1. The topological polar surface area (TPSA) is 45.3 Å². The van der Waals surface area contributed by atoms with Crippen molar-refractivity contribution in [3.63, 3.8) is 0 Å². The molecule has 0 aliphatic carbocycles. The number of para-hydroxylation sites is 1. The molecular weight excluding hydrogens is 204 g/mol. The van der Waals surface area contributed by atoms with Crippen LogP contribution in [0.15, 0.2) is 30.5 Å². The van der Waals surface area contributed by atoms with Crippen LogP contribution in [0.4, 0.5) is 0 Å². The number of nitrogens with one attached hydrogen (secondary N) is 1. The molecule has 0 spiro atoms. The lowest BCUT2D eigenvalue weighted by atomic mass is 10.1. The van der Waals surface area contributed by atoms with Crippen LogP contribution in [0, 0.1) is 0 Å². The Morgan fingerprint density at radius 3 is 2.94 bits per heavy atom. The van der Waals surface area contributed by atoms with Crippen molar-refractivity contribution >= 4 is 16.8 Å². The molecule has 1 amide bonds. The summed E-state index contributed by atoms with van der Waals surface area (Å²) >= 11 is 0. The predicted molar refractivity (Wildman–Crippen MR) is 61.8 cm³/mol. The summed E-state index contributed by atoms with van der Waals surface area (Å²) in [6.07, 6.45) is 2.21. The van der Waals surface area contributed by atoms with Crippen LogP contribution >= 0.6 is 0 Å². The third kappa shape index (κ3) is 1.92. The van der Waals surface area contributed by atoms with Gasteiger partial charge in [0, 0.05) is 24.1 Å². The zero-order valence-corrected chi connectivity index (χ0v) is 9.36. The largest absolute Gasteiger partial charge is 0.361 e. The number of H-pyrrole nitrogens is 1. The van der Waals surface area contributed by atoms with E-state index in [1.807, 2.05) is 30.5 Å². The van der Waals surface area contributed by atoms with Crippen molar-refractivity contribution in [1.82, 2.24) is 10.0 Å². The maximum Gasteiger partial charge on any atom is 0.250 e. The Morgan fingerprint density at radius 1 is 1.44 bits per heavy atom. The van der Waals surface area contributed by atoms with E-state index in [1.54, 1.807) is 7.05 Å². The van der Waals surface area contributed by atoms with E-state index in [-0.39, 0.29) is 5.91 Å². The molecule has 4 heteroatoms. The molecule has 2 aromatic rings. The van der Waals surface area contributed by atoms with Gasteiger partial charge in [-0.2, -0.15) is 0 Å². The van der Waals surface area contributed by atoms with Gasteiger partial charge in [0.1, 0.15) is 0 Å². The maximum absolute atomic E-state index is 11.7. The van der Waals surface area contributed by atoms with Crippen LogP contribution in [-0.4, -0.2) is 30.1 Å². The van der Waals surface area contributed by atoms with Gasteiger partial charge in [-0.05, 0) is 11.6 Å². The number of carbonyl (C=O) groups is 1. The average molecular weight is 218 g/mol. The van der Waals surface area contributed by atoms with Crippen molar-refractivity contribution in [2.45, 2.75) is 6.42 Å². The van der Waals surface area contributed by atoms with Crippen molar-refractivity contribution in [3.05, 3.63) is 36.0 Å². The second kappa shape index (κ2) is 4.37. The SMILES string of the molecule is CON(C)C(=O)Cc1c[nH]c2ccccc12. The number of rotatable bonds is 3. The lowest BCUT2D eigenvalue weighted by Gasteiger charge is -2.12. The van der Waals surface area contributed by atoms with Crippen LogP contribution in [0.1, 0.15) is 5.56 Å². The number of benzene rings is 1. The smallest absolute Gasteiger partial charge is 0.250 e. The molecule has 0 radical (unpaired) electrons. The van der Waals surface area contributed by atoms with Gasteiger partial charge in [-0.15, -0.1) is 0 Å². The first-order valence-electron chi connectivity index (χ1n) is 5.08. The third-order valence-electron chi connectivity index (χ3n) is 2.64. The number of carbonyl (C=O) groups excluding carboxylic acids is 1. The molecule has 2 rings (SSSR count). The lowest BCUT2D eigenvalue weighted by molar-refractivity contribution is -0.167. The van der Waals surface area contributed by atoms with E-state index in [0.29, 0.717) is 6.42 Å². The van der Waals surface area contributed by atoms with Crippen LogP contribution in [0.5, 0.6) is 0 Å². The van der Waals surface area contributed by atoms with Crippen LogP contribution in [0.25, 0.3) is 10.9 Å². The van der Waals surface area contributed by atoms with Gasteiger partial charge in [-0.1, -0.05) is 18.2 Å². The molecule has 0 unspecified atom stereocenters. The summed E-state index contributed by atoms with van der Waals surface area (Å²) in [6.45, 7) is 0. The molecule has 16 heavy (non-hydrogen) atoms. The highest BCUT2D eigenvalue weighted by Crippen LogP contribution is 2.18. The van der Waals surface area contributed by atoms with Crippen molar-refractivity contribution in [3.8, 4) is 0 Å². The Morgan fingerprint density at radius 2 is 2.19 bits per heavy atom. The zero-order chi connectivity index (χ0) is 11.5. The first kappa shape index (κ1) is 10.7. The Bertz CT molecular complexity index is 504. The minimum Gasteiger partial charge on any atom is -0.361 e. The Hall–Kier alpha value is -1.81. The molecule has 0 bridgehead atoms. The monoisotopic (exact) mass is 218 g/mol. The third-order valence-corrected chi connectivity index (χ3v) is 2.64. The predicted octanol–water partition coefficient (Wildman–Crippen LogP) is 1.73. The average Bonchev–Trinajstić information content (AvgIpc) is 2.72. The number of hydroxylamine groups is 2. The first-order valence-corrected chi connectivity index (χ1v) is 5.08. The van der Waals surface area contributed by atoms with Crippen molar-refractivity contribution in [1.29, 1.82) is 0 Å². The minimum absolute atomic E-state index is 0.0627. The number of nitrogens with zero attached hydrogens (tertiary/aromatic N) is 1. The fraction of sp³-hybridized carbons (Fsp3) is 0.250. The van der Waals surface area contributed by atoms with E-state index in [1.165, 1.54) is 12.2 Å². The van der Waals surface area contributed by atoms with E-state index in [2.05, 4.69) is 4.98 Å². The highest BCUT2D eigenvalue weighted by atomic mass is 16.7. The number of amides is 1.